The van der Waals surface area contributed by atoms with Gasteiger partial charge in [0.1, 0.15) is 0 Å². The Kier molecular flexibility index (Phi) is 4.02. The van der Waals surface area contributed by atoms with Gasteiger partial charge in [0.2, 0.25) is 0 Å². The summed E-state index contributed by atoms with van der Waals surface area (Å²) in [5.41, 5.74) is 1.06. The van der Waals surface area contributed by atoms with Crippen LogP contribution in [0.3, 0.4) is 0 Å². The first kappa shape index (κ1) is 11.7. The van der Waals surface area contributed by atoms with Gasteiger partial charge in [-0.1, -0.05) is 0 Å². The summed E-state index contributed by atoms with van der Waals surface area (Å²) in [5.74, 6) is 0.505. The second-order valence-electron chi connectivity index (χ2n) is 4.75. The molecule has 1 aliphatic rings. The molecule has 0 saturated heterocycles. The maximum Gasteiger partial charge on any atom is 0.0832 e. The van der Waals surface area contributed by atoms with Gasteiger partial charge in [0, 0.05) is 25.5 Å². The van der Waals surface area contributed by atoms with Crippen LogP contribution in [0.25, 0.3) is 0 Å². The van der Waals surface area contributed by atoms with Gasteiger partial charge in [-0.2, -0.15) is 0 Å². The van der Waals surface area contributed by atoms with Gasteiger partial charge in [-0.05, 0) is 49.7 Å². The smallest absolute Gasteiger partial charge is 0.0832 e. The van der Waals surface area contributed by atoms with Crippen molar-refractivity contribution in [2.45, 2.75) is 44.8 Å². The summed E-state index contributed by atoms with van der Waals surface area (Å²) in [4.78, 5) is 0. The number of hydrogen-bond donors (Lipinski definition) is 2. The monoisotopic (exact) mass is 223 g/mol. The number of hydrogen-bond acceptors (Lipinski definition) is 2. The van der Waals surface area contributed by atoms with Gasteiger partial charge in [0.25, 0.3) is 0 Å². The molecule has 1 aliphatic carbocycles. The van der Waals surface area contributed by atoms with Gasteiger partial charge in [0.05, 0.1) is 6.10 Å². The molecule has 1 atom stereocenters. The molecule has 2 N–H and O–H groups in total. The lowest BCUT2D eigenvalue weighted by Crippen LogP contribution is -1.99. The lowest BCUT2D eigenvalue weighted by atomic mass is 10.1. The number of aromatic nitrogens is 1. The third-order valence-corrected chi connectivity index (χ3v) is 3.26. The maximum atomic E-state index is 9.94. The summed E-state index contributed by atoms with van der Waals surface area (Å²) in [6, 6.07) is 2.02. The molecule has 3 heteroatoms. The molecule has 1 aromatic heterocycles. The minimum absolute atomic E-state index is 0.251. The van der Waals surface area contributed by atoms with Crippen LogP contribution in [0.1, 0.15) is 43.8 Å². The molecule has 1 aromatic rings. The maximum absolute atomic E-state index is 9.94. The molecule has 1 saturated carbocycles. The zero-order valence-corrected chi connectivity index (χ0v) is 9.68. The minimum atomic E-state index is -0.251. The van der Waals surface area contributed by atoms with Crippen LogP contribution in [0, 0.1) is 5.92 Å². The molecule has 2 rings (SSSR count). The van der Waals surface area contributed by atoms with E-state index < -0.39 is 0 Å². The van der Waals surface area contributed by atoms with Crippen molar-refractivity contribution >= 4 is 0 Å². The summed E-state index contributed by atoms with van der Waals surface area (Å²) in [6.45, 7) is 1.27. The Bertz CT molecular complexity index is 317. The topological polar surface area (TPSA) is 45.4 Å². The first-order chi connectivity index (χ1) is 7.81. The molecule has 0 spiro atoms. The van der Waals surface area contributed by atoms with Gasteiger partial charge >= 0.3 is 0 Å². The molecule has 16 heavy (non-hydrogen) atoms. The standard InChI is InChI=1S/C13H21NO2/c15-9-3-1-2-7-14-8-6-12(10-14)13(16)11-4-5-11/h6,8,10-11,13,15-16H,1-5,7,9H2. The van der Waals surface area contributed by atoms with E-state index in [-0.39, 0.29) is 12.7 Å². The fourth-order valence-corrected chi connectivity index (χ4v) is 2.04. The highest BCUT2D eigenvalue weighted by Gasteiger charge is 2.30. The molecular formula is C13H21NO2. The molecular weight excluding hydrogens is 202 g/mol. The van der Waals surface area contributed by atoms with Crippen molar-refractivity contribution in [3.05, 3.63) is 24.0 Å². The molecule has 3 nitrogen and oxygen atoms in total. The quantitative estimate of drug-likeness (QED) is 0.695. The molecule has 90 valence electrons. The lowest BCUT2D eigenvalue weighted by Gasteiger charge is -2.06. The van der Waals surface area contributed by atoms with Crippen molar-refractivity contribution < 1.29 is 10.2 Å². The number of aliphatic hydroxyl groups is 2. The minimum Gasteiger partial charge on any atom is -0.396 e. The number of aryl methyl sites for hydroxylation is 1. The molecule has 0 aromatic carbocycles. The normalized spacial score (nSPS) is 17.6. The van der Waals surface area contributed by atoms with Crippen molar-refractivity contribution in [2.24, 2.45) is 5.92 Å². The molecule has 1 fully saturated rings. The fourth-order valence-electron chi connectivity index (χ4n) is 2.04. The highest BCUT2D eigenvalue weighted by molar-refractivity contribution is 5.15. The third-order valence-electron chi connectivity index (χ3n) is 3.26. The molecule has 0 aliphatic heterocycles. The third kappa shape index (κ3) is 3.09. The Balaban J connectivity index is 1.77. The highest BCUT2D eigenvalue weighted by atomic mass is 16.3. The summed E-state index contributed by atoms with van der Waals surface area (Å²) < 4.78 is 2.14. The van der Waals surface area contributed by atoms with Gasteiger partial charge in [0.15, 0.2) is 0 Å². The molecule has 0 radical (unpaired) electrons. The van der Waals surface area contributed by atoms with Crippen LogP contribution in [0.15, 0.2) is 18.5 Å². The van der Waals surface area contributed by atoms with E-state index in [0.717, 1.165) is 31.4 Å². The van der Waals surface area contributed by atoms with Gasteiger partial charge in [-0.25, -0.2) is 0 Å². The lowest BCUT2D eigenvalue weighted by molar-refractivity contribution is 0.154. The zero-order chi connectivity index (χ0) is 11.4. The predicted octanol–water partition coefficient (Wildman–Crippen LogP) is 2.09. The van der Waals surface area contributed by atoms with Crippen LogP contribution < -0.4 is 0 Å². The van der Waals surface area contributed by atoms with E-state index in [4.69, 9.17) is 5.11 Å². The van der Waals surface area contributed by atoms with E-state index in [2.05, 4.69) is 10.8 Å². The number of rotatable bonds is 7. The van der Waals surface area contributed by atoms with Gasteiger partial charge < -0.3 is 14.8 Å². The SMILES string of the molecule is OCCCCCn1ccc(C(O)C2CC2)c1. The largest absolute Gasteiger partial charge is 0.396 e. The molecule has 1 unspecified atom stereocenters. The second kappa shape index (κ2) is 5.51. The first-order valence-corrected chi connectivity index (χ1v) is 6.26. The zero-order valence-electron chi connectivity index (χ0n) is 9.68. The Morgan fingerprint density at radius 1 is 1.31 bits per heavy atom. The molecule has 0 amide bonds. The average molecular weight is 223 g/mol. The number of unbranched alkanes of at least 4 members (excludes halogenated alkanes) is 2. The number of aliphatic hydroxyl groups excluding tert-OH is 2. The Hall–Kier alpha value is -0.800. The van der Waals surface area contributed by atoms with E-state index in [1.165, 1.54) is 12.8 Å². The summed E-state index contributed by atoms with van der Waals surface area (Å²) in [5, 5.41) is 18.6. The van der Waals surface area contributed by atoms with Crippen LogP contribution in [0.5, 0.6) is 0 Å². The number of nitrogens with zero attached hydrogens (tertiary/aromatic N) is 1. The van der Waals surface area contributed by atoms with Crippen molar-refractivity contribution in [3.8, 4) is 0 Å². The van der Waals surface area contributed by atoms with E-state index in [1.54, 1.807) is 0 Å². The Morgan fingerprint density at radius 3 is 2.81 bits per heavy atom. The van der Waals surface area contributed by atoms with Crippen molar-refractivity contribution in [1.82, 2.24) is 4.57 Å². The van der Waals surface area contributed by atoms with Crippen LogP contribution >= 0.6 is 0 Å². The fraction of sp³-hybridized carbons (Fsp3) is 0.692. The van der Waals surface area contributed by atoms with Crippen LogP contribution in [-0.2, 0) is 6.54 Å². The van der Waals surface area contributed by atoms with Crippen LogP contribution in [0.2, 0.25) is 0 Å². The second-order valence-corrected chi connectivity index (χ2v) is 4.75. The average Bonchev–Trinajstić information content (AvgIpc) is 3.03. The predicted molar refractivity (Wildman–Crippen MR) is 63.1 cm³/mol. The van der Waals surface area contributed by atoms with Crippen LogP contribution in [0.4, 0.5) is 0 Å². The van der Waals surface area contributed by atoms with Crippen LogP contribution in [-0.4, -0.2) is 21.4 Å². The van der Waals surface area contributed by atoms with Gasteiger partial charge in [-0.3, -0.25) is 0 Å². The molecule has 1 heterocycles. The summed E-state index contributed by atoms with van der Waals surface area (Å²) in [7, 11) is 0. The molecule has 0 bridgehead atoms. The summed E-state index contributed by atoms with van der Waals surface area (Å²) in [6.07, 6.45) is 9.23. The summed E-state index contributed by atoms with van der Waals surface area (Å²) >= 11 is 0. The van der Waals surface area contributed by atoms with E-state index in [1.807, 2.05) is 12.3 Å². The van der Waals surface area contributed by atoms with E-state index in [0.29, 0.717) is 5.92 Å². The van der Waals surface area contributed by atoms with Crippen molar-refractivity contribution in [1.29, 1.82) is 0 Å². The van der Waals surface area contributed by atoms with E-state index in [9.17, 15) is 5.11 Å². The van der Waals surface area contributed by atoms with E-state index >= 15 is 0 Å². The Labute approximate surface area is 96.7 Å². The highest BCUT2D eigenvalue weighted by Crippen LogP contribution is 2.40. The van der Waals surface area contributed by atoms with Crippen molar-refractivity contribution in [3.63, 3.8) is 0 Å². The van der Waals surface area contributed by atoms with Gasteiger partial charge in [-0.15, -0.1) is 0 Å². The first-order valence-electron chi connectivity index (χ1n) is 6.26. The van der Waals surface area contributed by atoms with Crippen molar-refractivity contribution in [2.75, 3.05) is 6.61 Å². The Morgan fingerprint density at radius 2 is 2.12 bits per heavy atom.